The summed E-state index contributed by atoms with van der Waals surface area (Å²) in [6, 6.07) is 0.317. The van der Waals surface area contributed by atoms with Crippen LogP contribution in [0.4, 0.5) is 0 Å². The number of hydrogen-bond donors (Lipinski definition) is 3. The monoisotopic (exact) mass is 272 g/mol. The summed E-state index contributed by atoms with van der Waals surface area (Å²) in [6.45, 7) is 3.85. The lowest BCUT2D eigenvalue weighted by Gasteiger charge is -2.28. The quantitative estimate of drug-likeness (QED) is 0.596. The predicted molar refractivity (Wildman–Crippen MR) is 74.8 cm³/mol. The number of nitrogens with zero attached hydrogens (tertiary/aromatic N) is 1. The highest BCUT2D eigenvalue weighted by Gasteiger charge is 2.20. The second kappa shape index (κ2) is 9.28. The first-order valence-electron chi connectivity index (χ1n) is 7.39. The van der Waals surface area contributed by atoms with E-state index in [0.29, 0.717) is 32.1 Å². The van der Waals surface area contributed by atoms with Crippen molar-refractivity contribution in [2.75, 3.05) is 32.8 Å². The van der Waals surface area contributed by atoms with Gasteiger partial charge in [0.05, 0.1) is 13.2 Å². The molecule has 0 atom stereocenters. The van der Waals surface area contributed by atoms with Gasteiger partial charge >= 0.3 is 0 Å². The molecule has 0 bridgehead atoms. The maximum atomic E-state index is 11.9. The SMILES string of the molecule is CC1CCC(NC(=O)CN(CCO)CCCO)CC1. The maximum Gasteiger partial charge on any atom is 0.234 e. The van der Waals surface area contributed by atoms with E-state index in [9.17, 15) is 4.79 Å². The van der Waals surface area contributed by atoms with Gasteiger partial charge in [-0.3, -0.25) is 9.69 Å². The molecule has 0 saturated heterocycles. The smallest absolute Gasteiger partial charge is 0.234 e. The van der Waals surface area contributed by atoms with Gasteiger partial charge in [-0.15, -0.1) is 0 Å². The van der Waals surface area contributed by atoms with Crippen LogP contribution < -0.4 is 5.32 Å². The third kappa shape index (κ3) is 6.89. The van der Waals surface area contributed by atoms with E-state index < -0.39 is 0 Å². The molecule has 3 N–H and O–H groups in total. The third-order valence-electron chi connectivity index (χ3n) is 3.80. The molecule has 0 spiro atoms. The first kappa shape index (κ1) is 16.4. The molecule has 0 unspecified atom stereocenters. The minimum atomic E-state index is 0.0333. The lowest BCUT2D eigenvalue weighted by Crippen LogP contribution is -2.44. The molecule has 5 heteroatoms. The van der Waals surface area contributed by atoms with Crippen LogP contribution in [0.25, 0.3) is 0 Å². The topological polar surface area (TPSA) is 72.8 Å². The number of amides is 1. The second-order valence-corrected chi connectivity index (χ2v) is 5.60. The summed E-state index contributed by atoms with van der Waals surface area (Å²) < 4.78 is 0. The number of nitrogens with one attached hydrogen (secondary N) is 1. The standard InChI is InChI=1S/C14H28N2O3/c1-12-3-5-13(6-4-12)15-14(19)11-16(8-10-18)7-2-9-17/h12-13,17-18H,2-11H2,1H3,(H,15,19). The fraction of sp³-hybridized carbons (Fsp3) is 0.929. The normalized spacial score (nSPS) is 23.6. The second-order valence-electron chi connectivity index (χ2n) is 5.60. The molecule has 112 valence electrons. The van der Waals surface area contributed by atoms with Gasteiger partial charge < -0.3 is 15.5 Å². The molecule has 19 heavy (non-hydrogen) atoms. The number of rotatable bonds is 8. The zero-order chi connectivity index (χ0) is 14.1. The van der Waals surface area contributed by atoms with Crippen molar-refractivity contribution in [1.29, 1.82) is 0 Å². The highest BCUT2D eigenvalue weighted by molar-refractivity contribution is 5.78. The largest absolute Gasteiger partial charge is 0.396 e. The average Bonchev–Trinajstić information content (AvgIpc) is 2.39. The first-order valence-corrected chi connectivity index (χ1v) is 7.39. The van der Waals surface area contributed by atoms with Gasteiger partial charge in [0, 0.05) is 25.7 Å². The van der Waals surface area contributed by atoms with Crippen LogP contribution in [0.5, 0.6) is 0 Å². The van der Waals surface area contributed by atoms with Crippen molar-refractivity contribution in [1.82, 2.24) is 10.2 Å². The van der Waals surface area contributed by atoms with Crippen molar-refractivity contribution in [3.8, 4) is 0 Å². The van der Waals surface area contributed by atoms with Gasteiger partial charge in [-0.25, -0.2) is 0 Å². The lowest BCUT2D eigenvalue weighted by atomic mass is 9.87. The van der Waals surface area contributed by atoms with Crippen LogP contribution in [0.2, 0.25) is 0 Å². The highest BCUT2D eigenvalue weighted by atomic mass is 16.3. The Bertz CT molecular complexity index is 253. The number of hydrogen-bond acceptors (Lipinski definition) is 4. The molecule has 0 heterocycles. The van der Waals surface area contributed by atoms with Crippen molar-refractivity contribution in [3.05, 3.63) is 0 Å². The molecule has 0 aliphatic heterocycles. The van der Waals surface area contributed by atoms with Gasteiger partial charge in [0.25, 0.3) is 0 Å². The van der Waals surface area contributed by atoms with Gasteiger partial charge in [0.2, 0.25) is 5.91 Å². The van der Waals surface area contributed by atoms with Crippen molar-refractivity contribution in [2.24, 2.45) is 5.92 Å². The van der Waals surface area contributed by atoms with Crippen LogP contribution in [0, 0.1) is 5.92 Å². The van der Waals surface area contributed by atoms with E-state index >= 15 is 0 Å². The summed E-state index contributed by atoms with van der Waals surface area (Å²) in [5.74, 6) is 0.814. The highest BCUT2D eigenvalue weighted by Crippen LogP contribution is 2.23. The summed E-state index contributed by atoms with van der Waals surface area (Å²) in [5.41, 5.74) is 0. The zero-order valence-corrected chi connectivity index (χ0v) is 12.0. The van der Waals surface area contributed by atoms with E-state index in [4.69, 9.17) is 10.2 Å². The molecule has 1 amide bonds. The van der Waals surface area contributed by atoms with Crippen LogP contribution in [-0.2, 0) is 4.79 Å². The molecule has 5 nitrogen and oxygen atoms in total. The van der Waals surface area contributed by atoms with Crippen molar-refractivity contribution in [3.63, 3.8) is 0 Å². The van der Waals surface area contributed by atoms with Gasteiger partial charge in [-0.05, 0) is 38.0 Å². The Kier molecular flexibility index (Phi) is 8.02. The Morgan fingerprint density at radius 1 is 1.16 bits per heavy atom. The summed E-state index contributed by atoms with van der Waals surface area (Å²) in [7, 11) is 0. The minimum absolute atomic E-state index is 0.0333. The van der Waals surface area contributed by atoms with E-state index in [1.54, 1.807) is 0 Å². The number of carbonyl (C=O) groups excluding carboxylic acids is 1. The molecule has 1 fully saturated rings. The summed E-state index contributed by atoms with van der Waals surface area (Å²) in [6.07, 6.45) is 5.16. The zero-order valence-electron chi connectivity index (χ0n) is 12.0. The molecular formula is C14H28N2O3. The van der Waals surface area contributed by atoms with Gasteiger partial charge in [0.15, 0.2) is 0 Å². The van der Waals surface area contributed by atoms with Crippen LogP contribution in [0.15, 0.2) is 0 Å². The summed E-state index contributed by atoms with van der Waals surface area (Å²) >= 11 is 0. The van der Waals surface area contributed by atoms with Gasteiger partial charge in [-0.1, -0.05) is 6.92 Å². The van der Waals surface area contributed by atoms with Crippen molar-refractivity contribution < 1.29 is 15.0 Å². The van der Waals surface area contributed by atoms with Crippen LogP contribution in [-0.4, -0.2) is 59.9 Å². The number of carbonyl (C=O) groups is 1. The van der Waals surface area contributed by atoms with E-state index in [-0.39, 0.29) is 19.1 Å². The van der Waals surface area contributed by atoms with E-state index in [0.717, 1.165) is 18.8 Å². The van der Waals surface area contributed by atoms with E-state index in [2.05, 4.69) is 12.2 Å². The molecule has 1 aliphatic carbocycles. The average molecular weight is 272 g/mol. The Morgan fingerprint density at radius 3 is 2.42 bits per heavy atom. The number of aliphatic hydroxyl groups is 2. The Morgan fingerprint density at radius 2 is 1.84 bits per heavy atom. The lowest BCUT2D eigenvalue weighted by molar-refractivity contribution is -0.123. The molecule has 0 radical (unpaired) electrons. The molecule has 0 aromatic rings. The van der Waals surface area contributed by atoms with Gasteiger partial charge in [0.1, 0.15) is 0 Å². The molecule has 1 aliphatic rings. The van der Waals surface area contributed by atoms with E-state index in [1.807, 2.05) is 4.90 Å². The fourth-order valence-corrected chi connectivity index (χ4v) is 2.59. The Balaban J connectivity index is 2.27. The summed E-state index contributed by atoms with van der Waals surface area (Å²) in [5, 5.41) is 20.9. The Hall–Kier alpha value is -0.650. The Labute approximate surface area is 116 Å². The number of aliphatic hydroxyl groups excluding tert-OH is 2. The minimum Gasteiger partial charge on any atom is -0.396 e. The fourth-order valence-electron chi connectivity index (χ4n) is 2.59. The molecule has 1 rings (SSSR count). The first-order chi connectivity index (χ1) is 9.15. The van der Waals surface area contributed by atoms with Gasteiger partial charge in [-0.2, -0.15) is 0 Å². The van der Waals surface area contributed by atoms with E-state index in [1.165, 1.54) is 12.8 Å². The molecule has 0 aromatic carbocycles. The van der Waals surface area contributed by atoms with Crippen molar-refractivity contribution >= 4 is 5.91 Å². The third-order valence-corrected chi connectivity index (χ3v) is 3.80. The predicted octanol–water partition coefficient (Wildman–Crippen LogP) is 0.358. The molecular weight excluding hydrogens is 244 g/mol. The maximum absolute atomic E-state index is 11.9. The molecule has 1 saturated carbocycles. The molecule has 0 aromatic heterocycles. The van der Waals surface area contributed by atoms with Crippen LogP contribution in [0.3, 0.4) is 0 Å². The van der Waals surface area contributed by atoms with Crippen LogP contribution >= 0.6 is 0 Å². The van der Waals surface area contributed by atoms with Crippen molar-refractivity contribution in [2.45, 2.75) is 45.1 Å². The van der Waals surface area contributed by atoms with Crippen LogP contribution in [0.1, 0.15) is 39.0 Å². The summed E-state index contributed by atoms with van der Waals surface area (Å²) in [4.78, 5) is 13.8.